The van der Waals surface area contributed by atoms with Gasteiger partial charge in [-0.05, 0) is 74.4 Å². The molecule has 3 atom stereocenters. The Morgan fingerprint density at radius 3 is 1.85 bits per heavy atom. The number of fused-ring (bicyclic) bond motifs is 7. The van der Waals surface area contributed by atoms with Crippen LogP contribution in [0, 0.1) is 17.8 Å². The lowest BCUT2D eigenvalue weighted by atomic mass is 9.75. The van der Waals surface area contributed by atoms with Crippen molar-refractivity contribution in [2.45, 2.75) is 58.5 Å². The van der Waals surface area contributed by atoms with Crippen molar-refractivity contribution in [2.75, 3.05) is 0 Å². The van der Waals surface area contributed by atoms with Crippen LogP contribution < -0.4 is 0 Å². The normalized spacial score (nSPS) is 23.1. The highest BCUT2D eigenvalue weighted by molar-refractivity contribution is 7.51. The maximum atomic E-state index is 7.16. The van der Waals surface area contributed by atoms with Gasteiger partial charge in [0, 0.05) is 20.5 Å². The van der Waals surface area contributed by atoms with Crippen molar-refractivity contribution in [2.24, 2.45) is 17.8 Å². The third-order valence-corrected chi connectivity index (χ3v) is 10.2. The molecule has 1 aliphatic heterocycles. The molecule has 4 aromatic carbocycles. The van der Waals surface area contributed by atoms with E-state index in [4.69, 9.17) is 4.52 Å². The van der Waals surface area contributed by atoms with Crippen LogP contribution in [0.15, 0.2) is 72.8 Å². The summed E-state index contributed by atoms with van der Waals surface area (Å²) in [5, 5.41) is 5.41. The Kier molecular flexibility index (Phi) is 5.96. The van der Waals surface area contributed by atoms with Crippen molar-refractivity contribution < 1.29 is 4.52 Å². The lowest BCUT2D eigenvalue weighted by Gasteiger charge is -2.39. The minimum atomic E-state index is -0.576. The zero-order chi connectivity index (χ0) is 23.2. The lowest BCUT2D eigenvalue weighted by molar-refractivity contribution is 0.0548. The molecule has 0 N–H and O–H groups in total. The summed E-state index contributed by atoms with van der Waals surface area (Å²) in [7, 11) is -0.576. The molecule has 174 valence electrons. The average molecular weight is 467 g/mol. The molecule has 0 bridgehead atoms. The van der Waals surface area contributed by atoms with E-state index in [1.807, 2.05) is 0 Å². The predicted octanol–water partition coefficient (Wildman–Crippen LogP) is 9.55. The Balaban J connectivity index is 1.49. The summed E-state index contributed by atoms with van der Waals surface area (Å²) in [6.07, 6.45) is 6.39. The monoisotopic (exact) mass is 466 g/mol. The molecule has 1 fully saturated rings. The van der Waals surface area contributed by atoms with E-state index in [9.17, 15) is 0 Å². The van der Waals surface area contributed by atoms with Gasteiger partial charge in [-0.2, -0.15) is 0 Å². The summed E-state index contributed by atoms with van der Waals surface area (Å²) in [4.78, 5) is 0. The molecule has 0 saturated heterocycles. The van der Waals surface area contributed by atoms with Crippen LogP contribution in [0.4, 0.5) is 0 Å². The second-order valence-electron chi connectivity index (χ2n) is 10.9. The van der Waals surface area contributed by atoms with Crippen LogP contribution in [0.25, 0.3) is 32.7 Å². The molecule has 0 spiro atoms. The molecule has 4 aromatic rings. The quantitative estimate of drug-likeness (QED) is 0.273. The van der Waals surface area contributed by atoms with Crippen molar-refractivity contribution in [1.29, 1.82) is 0 Å². The van der Waals surface area contributed by atoms with Gasteiger partial charge in [0.15, 0.2) is 0 Å². The summed E-state index contributed by atoms with van der Waals surface area (Å²) in [5.74, 6) is 2.15. The largest absolute Gasteiger partial charge is 0.355 e. The van der Waals surface area contributed by atoms with Crippen LogP contribution in [0.1, 0.15) is 51.2 Å². The highest BCUT2D eigenvalue weighted by Crippen LogP contribution is 2.56. The van der Waals surface area contributed by atoms with Gasteiger partial charge in [-0.25, -0.2) is 0 Å². The number of hydrogen-bond acceptors (Lipinski definition) is 1. The summed E-state index contributed by atoms with van der Waals surface area (Å²) < 4.78 is 7.16. The fraction of sp³-hybridized carbons (Fsp3) is 0.375. The Morgan fingerprint density at radius 1 is 0.735 bits per heavy atom. The van der Waals surface area contributed by atoms with E-state index in [1.165, 1.54) is 63.1 Å². The minimum Gasteiger partial charge on any atom is -0.355 e. The first kappa shape index (κ1) is 22.3. The zero-order valence-corrected chi connectivity index (χ0v) is 21.5. The molecule has 0 aromatic heterocycles. The van der Waals surface area contributed by atoms with Crippen molar-refractivity contribution in [3.63, 3.8) is 0 Å². The molecule has 0 unspecified atom stereocenters. The summed E-state index contributed by atoms with van der Waals surface area (Å²) >= 11 is 0. The Morgan fingerprint density at radius 2 is 1.29 bits per heavy atom. The highest BCUT2D eigenvalue weighted by Gasteiger charge is 2.34. The number of hydrogen-bond donors (Lipinski definition) is 0. The number of benzene rings is 4. The van der Waals surface area contributed by atoms with E-state index >= 15 is 0 Å². The maximum absolute atomic E-state index is 7.16. The first-order valence-corrected chi connectivity index (χ1v) is 14.6. The van der Waals surface area contributed by atoms with Gasteiger partial charge in [-0.3, -0.25) is 0 Å². The Labute approximate surface area is 205 Å². The molecule has 6 rings (SSSR count). The maximum Gasteiger partial charge on any atom is 0.0651 e. The molecule has 1 saturated carbocycles. The molecule has 1 aliphatic carbocycles. The molecular formula is C32H35OP. The molecular weight excluding hydrogens is 431 g/mol. The van der Waals surface area contributed by atoms with Crippen LogP contribution in [-0.2, 0) is 16.8 Å². The molecule has 0 radical (unpaired) electrons. The summed E-state index contributed by atoms with van der Waals surface area (Å²) in [6, 6.07) is 27.2. The standard InChI is InChI=1S/C32H35OP/c1-21(2)27-17-12-22(3)18-30(27)33-34-19-25-15-13-23-8-4-6-10-28(23)31(25)32-26(20-34)16-14-24-9-5-7-11-29(24)32/h4-11,13-16,21-22,27,30H,12,17-20H2,1-3H3/t22-,27+,30-/m1/s1. The van der Waals surface area contributed by atoms with Crippen LogP contribution in [0.3, 0.4) is 0 Å². The third kappa shape index (κ3) is 3.98. The first-order chi connectivity index (χ1) is 16.6. The SMILES string of the molecule is CC(C)[C@@H]1CC[C@@H](C)C[C@H]1OP1Cc2ccc3ccccc3c2-c2c(ccc3ccccc23)C1. The molecule has 2 aliphatic rings. The molecule has 1 heterocycles. The lowest BCUT2D eigenvalue weighted by Crippen LogP contribution is -2.33. The topological polar surface area (TPSA) is 9.23 Å². The Hall–Kier alpha value is -2.21. The predicted molar refractivity (Wildman–Crippen MR) is 147 cm³/mol. The van der Waals surface area contributed by atoms with Gasteiger partial charge in [0.1, 0.15) is 0 Å². The van der Waals surface area contributed by atoms with Crippen LogP contribution in [-0.4, -0.2) is 6.10 Å². The number of rotatable bonds is 3. The van der Waals surface area contributed by atoms with Gasteiger partial charge in [-0.1, -0.05) is 100.0 Å². The molecule has 0 amide bonds. The van der Waals surface area contributed by atoms with Crippen LogP contribution >= 0.6 is 8.15 Å². The second kappa shape index (κ2) is 9.10. The van der Waals surface area contributed by atoms with Gasteiger partial charge in [-0.15, -0.1) is 0 Å². The zero-order valence-electron chi connectivity index (χ0n) is 20.6. The minimum absolute atomic E-state index is 0.403. The van der Waals surface area contributed by atoms with Crippen molar-refractivity contribution in [1.82, 2.24) is 0 Å². The van der Waals surface area contributed by atoms with E-state index in [0.29, 0.717) is 17.9 Å². The van der Waals surface area contributed by atoms with E-state index in [2.05, 4.69) is 93.6 Å². The van der Waals surface area contributed by atoms with Crippen molar-refractivity contribution in [3.05, 3.63) is 83.9 Å². The van der Waals surface area contributed by atoms with Gasteiger partial charge in [0.2, 0.25) is 0 Å². The molecule has 1 nitrogen and oxygen atoms in total. The van der Waals surface area contributed by atoms with E-state index < -0.39 is 8.15 Å². The van der Waals surface area contributed by atoms with Gasteiger partial charge < -0.3 is 4.52 Å². The fourth-order valence-corrected chi connectivity index (χ4v) is 8.60. The molecule has 34 heavy (non-hydrogen) atoms. The van der Waals surface area contributed by atoms with E-state index in [-0.39, 0.29) is 0 Å². The van der Waals surface area contributed by atoms with Gasteiger partial charge in [0.05, 0.1) is 6.10 Å². The highest BCUT2D eigenvalue weighted by atomic mass is 31.1. The van der Waals surface area contributed by atoms with E-state index in [0.717, 1.165) is 18.2 Å². The summed E-state index contributed by atoms with van der Waals surface area (Å²) in [5.41, 5.74) is 5.81. The Bertz CT molecular complexity index is 1250. The van der Waals surface area contributed by atoms with E-state index in [1.54, 1.807) is 0 Å². The second-order valence-corrected chi connectivity index (χ2v) is 12.7. The smallest absolute Gasteiger partial charge is 0.0651 e. The average Bonchev–Trinajstić information content (AvgIpc) is 3.00. The van der Waals surface area contributed by atoms with Crippen molar-refractivity contribution in [3.8, 4) is 11.1 Å². The van der Waals surface area contributed by atoms with Crippen molar-refractivity contribution >= 4 is 29.7 Å². The first-order valence-electron chi connectivity index (χ1n) is 13.0. The van der Waals surface area contributed by atoms with Gasteiger partial charge in [0.25, 0.3) is 0 Å². The van der Waals surface area contributed by atoms with Crippen LogP contribution in [0.5, 0.6) is 0 Å². The third-order valence-electron chi connectivity index (χ3n) is 8.22. The fourth-order valence-electron chi connectivity index (χ4n) is 6.43. The molecule has 2 heteroatoms. The van der Waals surface area contributed by atoms with Crippen LogP contribution in [0.2, 0.25) is 0 Å². The summed E-state index contributed by atoms with van der Waals surface area (Å²) in [6.45, 7) is 7.19. The van der Waals surface area contributed by atoms with Gasteiger partial charge >= 0.3 is 0 Å².